The van der Waals surface area contributed by atoms with Crippen LogP contribution in [0.2, 0.25) is 0 Å². The summed E-state index contributed by atoms with van der Waals surface area (Å²) in [6, 6.07) is 23.4. The third-order valence-corrected chi connectivity index (χ3v) is 5.01. The van der Waals surface area contributed by atoms with Gasteiger partial charge >= 0.3 is 0 Å². The Labute approximate surface area is 193 Å². The number of carbonyl (C=O) groups is 3. The first-order valence-electron chi connectivity index (χ1n) is 10.6. The average Bonchev–Trinajstić information content (AvgIpc) is 2.84. The standard InChI is InChI=1S/C26H27N3O4/c1-29(18-19-9-4-3-5-10-19)26(32)22-13-6-7-14-23(22)28-24(30)15-16-27-25(31)20-11-8-12-21(17-20)33-2/h3-14,17H,15-16,18H2,1-2H3,(H,27,31)(H,28,30). The molecule has 3 amide bonds. The zero-order chi connectivity index (χ0) is 23.6. The van der Waals surface area contributed by atoms with Crippen molar-refractivity contribution in [2.24, 2.45) is 0 Å². The smallest absolute Gasteiger partial charge is 0.256 e. The van der Waals surface area contributed by atoms with Gasteiger partial charge in [0.15, 0.2) is 0 Å². The molecule has 3 rings (SSSR count). The minimum absolute atomic E-state index is 0.0675. The summed E-state index contributed by atoms with van der Waals surface area (Å²) in [6.07, 6.45) is 0.0675. The molecule has 7 heteroatoms. The van der Waals surface area contributed by atoms with Crippen LogP contribution in [-0.2, 0) is 11.3 Å². The highest BCUT2D eigenvalue weighted by atomic mass is 16.5. The molecule has 3 aromatic carbocycles. The van der Waals surface area contributed by atoms with Gasteiger partial charge in [-0.05, 0) is 35.9 Å². The van der Waals surface area contributed by atoms with Crippen LogP contribution >= 0.6 is 0 Å². The molecule has 0 radical (unpaired) electrons. The van der Waals surface area contributed by atoms with Crippen LogP contribution in [-0.4, -0.2) is 43.3 Å². The minimum Gasteiger partial charge on any atom is -0.497 e. The first-order chi connectivity index (χ1) is 16.0. The highest BCUT2D eigenvalue weighted by Crippen LogP contribution is 2.18. The van der Waals surface area contributed by atoms with E-state index < -0.39 is 0 Å². The summed E-state index contributed by atoms with van der Waals surface area (Å²) in [4.78, 5) is 39.3. The number of nitrogens with zero attached hydrogens (tertiary/aromatic N) is 1. The number of rotatable bonds is 9. The summed E-state index contributed by atoms with van der Waals surface area (Å²) in [7, 11) is 3.26. The molecule has 0 aliphatic carbocycles. The van der Waals surface area contributed by atoms with Crippen LogP contribution in [0.15, 0.2) is 78.9 Å². The molecule has 0 aliphatic rings. The van der Waals surface area contributed by atoms with Crippen molar-refractivity contribution in [3.05, 3.63) is 95.6 Å². The monoisotopic (exact) mass is 445 g/mol. The van der Waals surface area contributed by atoms with E-state index in [1.54, 1.807) is 60.5 Å². The number of amides is 3. The quantitative estimate of drug-likeness (QED) is 0.525. The Kier molecular flexibility index (Phi) is 8.18. The second-order valence-electron chi connectivity index (χ2n) is 7.48. The van der Waals surface area contributed by atoms with Crippen molar-refractivity contribution in [2.45, 2.75) is 13.0 Å². The van der Waals surface area contributed by atoms with Gasteiger partial charge in [-0.15, -0.1) is 0 Å². The van der Waals surface area contributed by atoms with Crippen molar-refractivity contribution in [1.82, 2.24) is 10.2 Å². The number of hydrogen-bond acceptors (Lipinski definition) is 4. The van der Waals surface area contributed by atoms with E-state index in [0.717, 1.165) is 5.56 Å². The second kappa shape index (κ2) is 11.5. The molecular weight excluding hydrogens is 418 g/mol. The van der Waals surface area contributed by atoms with E-state index >= 15 is 0 Å². The lowest BCUT2D eigenvalue weighted by molar-refractivity contribution is -0.116. The summed E-state index contributed by atoms with van der Waals surface area (Å²) in [6.45, 7) is 0.615. The Hall–Kier alpha value is -4.13. The Morgan fingerprint density at radius 2 is 1.64 bits per heavy atom. The summed E-state index contributed by atoms with van der Waals surface area (Å²) < 4.78 is 5.12. The third-order valence-electron chi connectivity index (χ3n) is 5.01. The van der Waals surface area contributed by atoms with Gasteiger partial charge in [0.2, 0.25) is 5.91 Å². The van der Waals surface area contributed by atoms with Crippen molar-refractivity contribution in [2.75, 3.05) is 26.0 Å². The van der Waals surface area contributed by atoms with Gasteiger partial charge in [-0.25, -0.2) is 0 Å². The number of benzene rings is 3. The van der Waals surface area contributed by atoms with Crippen molar-refractivity contribution < 1.29 is 19.1 Å². The van der Waals surface area contributed by atoms with Crippen molar-refractivity contribution >= 4 is 23.4 Å². The van der Waals surface area contributed by atoms with Crippen LogP contribution in [0, 0.1) is 0 Å². The van der Waals surface area contributed by atoms with Gasteiger partial charge in [0.1, 0.15) is 5.75 Å². The fourth-order valence-electron chi connectivity index (χ4n) is 3.28. The number of nitrogens with one attached hydrogen (secondary N) is 2. The topological polar surface area (TPSA) is 87.7 Å². The molecule has 33 heavy (non-hydrogen) atoms. The molecule has 2 N–H and O–H groups in total. The molecule has 0 unspecified atom stereocenters. The Balaban J connectivity index is 1.55. The van der Waals surface area contributed by atoms with E-state index in [1.807, 2.05) is 30.3 Å². The predicted octanol–water partition coefficient (Wildman–Crippen LogP) is 3.73. The third kappa shape index (κ3) is 6.67. The normalized spacial score (nSPS) is 10.2. The second-order valence-corrected chi connectivity index (χ2v) is 7.48. The summed E-state index contributed by atoms with van der Waals surface area (Å²) in [5.74, 6) is -0.202. The Morgan fingerprint density at radius 1 is 0.909 bits per heavy atom. The van der Waals surface area contributed by atoms with Crippen LogP contribution in [0.4, 0.5) is 5.69 Å². The van der Waals surface area contributed by atoms with Gasteiger partial charge in [0.25, 0.3) is 11.8 Å². The van der Waals surface area contributed by atoms with Crippen molar-refractivity contribution in [3.8, 4) is 5.75 Å². The van der Waals surface area contributed by atoms with E-state index in [9.17, 15) is 14.4 Å². The molecule has 0 spiro atoms. The molecule has 0 saturated heterocycles. The van der Waals surface area contributed by atoms with Crippen LogP contribution in [0.5, 0.6) is 5.75 Å². The summed E-state index contributed by atoms with van der Waals surface area (Å²) in [5.41, 5.74) is 2.31. The maximum absolute atomic E-state index is 13.0. The van der Waals surface area contributed by atoms with Crippen LogP contribution < -0.4 is 15.4 Å². The Bertz CT molecular complexity index is 1120. The molecule has 0 aliphatic heterocycles. The van der Waals surface area contributed by atoms with Gasteiger partial charge in [0, 0.05) is 32.1 Å². The van der Waals surface area contributed by atoms with Gasteiger partial charge in [-0.3, -0.25) is 14.4 Å². The molecule has 0 bridgehead atoms. The van der Waals surface area contributed by atoms with E-state index in [1.165, 1.54) is 7.11 Å². The highest BCUT2D eigenvalue weighted by molar-refractivity contribution is 6.03. The molecule has 0 aromatic heterocycles. The van der Waals surface area contributed by atoms with Crippen LogP contribution in [0.25, 0.3) is 0 Å². The number of hydrogen-bond donors (Lipinski definition) is 2. The number of carbonyl (C=O) groups excluding carboxylic acids is 3. The number of anilines is 1. The van der Waals surface area contributed by atoms with E-state index in [2.05, 4.69) is 10.6 Å². The van der Waals surface area contributed by atoms with Gasteiger partial charge in [-0.2, -0.15) is 0 Å². The lowest BCUT2D eigenvalue weighted by atomic mass is 10.1. The molecule has 0 fully saturated rings. The number of methoxy groups -OCH3 is 1. The predicted molar refractivity (Wildman–Crippen MR) is 127 cm³/mol. The zero-order valence-electron chi connectivity index (χ0n) is 18.7. The maximum Gasteiger partial charge on any atom is 0.256 e. The first-order valence-corrected chi connectivity index (χ1v) is 10.6. The highest BCUT2D eigenvalue weighted by Gasteiger charge is 2.17. The lowest BCUT2D eigenvalue weighted by Gasteiger charge is -2.19. The van der Waals surface area contributed by atoms with Crippen molar-refractivity contribution in [3.63, 3.8) is 0 Å². The van der Waals surface area contributed by atoms with E-state index in [0.29, 0.717) is 29.1 Å². The van der Waals surface area contributed by atoms with E-state index in [-0.39, 0.29) is 30.7 Å². The molecule has 3 aromatic rings. The zero-order valence-corrected chi connectivity index (χ0v) is 18.7. The molecule has 7 nitrogen and oxygen atoms in total. The maximum atomic E-state index is 13.0. The number of ether oxygens (including phenoxy) is 1. The van der Waals surface area contributed by atoms with Crippen molar-refractivity contribution in [1.29, 1.82) is 0 Å². The average molecular weight is 446 g/mol. The first kappa shape index (κ1) is 23.5. The van der Waals surface area contributed by atoms with Crippen LogP contribution in [0.1, 0.15) is 32.7 Å². The lowest BCUT2D eigenvalue weighted by Crippen LogP contribution is -2.29. The van der Waals surface area contributed by atoms with Gasteiger partial charge in [-0.1, -0.05) is 48.5 Å². The van der Waals surface area contributed by atoms with E-state index in [4.69, 9.17) is 4.74 Å². The number of para-hydroxylation sites is 1. The van der Waals surface area contributed by atoms with Crippen LogP contribution in [0.3, 0.4) is 0 Å². The minimum atomic E-state index is -0.299. The Morgan fingerprint density at radius 3 is 2.39 bits per heavy atom. The molecule has 0 heterocycles. The summed E-state index contributed by atoms with van der Waals surface area (Å²) in [5, 5.41) is 5.50. The van der Waals surface area contributed by atoms with Gasteiger partial charge in [0.05, 0.1) is 18.4 Å². The molecule has 0 saturated carbocycles. The fraction of sp³-hybridized carbons (Fsp3) is 0.192. The SMILES string of the molecule is COc1cccc(C(=O)NCCC(=O)Nc2ccccc2C(=O)N(C)Cc2ccccc2)c1. The summed E-state index contributed by atoms with van der Waals surface area (Å²) >= 11 is 0. The fourth-order valence-corrected chi connectivity index (χ4v) is 3.28. The molecule has 170 valence electrons. The van der Waals surface area contributed by atoms with Gasteiger partial charge < -0.3 is 20.3 Å². The molecular formula is C26H27N3O4. The largest absolute Gasteiger partial charge is 0.497 e. The molecule has 0 atom stereocenters.